The predicted octanol–water partition coefficient (Wildman–Crippen LogP) is 1.85. The minimum absolute atomic E-state index is 0.0634. The quantitative estimate of drug-likeness (QED) is 0.494. The van der Waals surface area contributed by atoms with Crippen molar-refractivity contribution >= 4 is 17.3 Å². The Morgan fingerprint density at radius 3 is 2.27 bits per heavy atom. The molecule has 82 valence electrons. The van der Waals surface area contributed by atoms with Crippen molar-refractivity contribution in [1.82, 2.24) is 0 Å². The SMILES string of the molecule is CC(=O)CCCCCC1C(=O)C=CC1=O. The Kier molecular flexibility index (Phi) is 4.40. The van der Waals surface area contributed by atoms with Crippen molar-refractivity contribution in [2.75, 3.05) is 0 Å². The van der Waals surface area contributed by atoms with E-state index >= 15 is 0 Å². The standard InChI is InChI=1S/C12H16O3/c1-9(13)5-3-2-4-6-10-11(14)7-8-12(10)15/h7-8,10H,2-6H2,1H3. The second-order valence-electron chi connectivity index (χ2n) is 3.99. The van der Waals surface area contributed by atoms with Gasteiger partial charge in [-0.3, -0.25) is 9.59 Å². The zero-order chi connectivity index (χ0) is 11.3. The number of allylic oxidation sites excluding steroid dienone is 2. The lowest BCUT2D eigenvalue weighted by Gasteiger charge is -2.05. The maximum atomic E-state index is 11.2. The number of ketones is 3. The summed E-state index contributed by atoms with van der Waals surface area (Å²) in [4.78, 5) is 33.0. The van der Waals surface area contributed by atoms with Gasteiger partial charge in [0.05, 0.1) is 5.92 Å². The molecule has 3 nitrogen and oxygen atoms in total. The molecule has 0 unspecified atom stereocenters. The van der Waals surface area contributed by atoms with Crippen LogP contribution in [0.15, 0.2) is 12.2 Å². The molecule has 0 aromatic rings. The van der Waals surface area contributed by atoms with Crippen LogP contribution in [0.5, 0.6) is 0 Å². The van der Waals surface area contributed by atoms with Gasteiger partial charge in [0.15, 0.2) is 11.6 Å². The summed E-state index contributed by atoms with van der Waals surface area (Å²) < 4.78 is 0. The third kappa shape index (κ3) is 3.78. The van der Waals surface area contributed by atoms with E-state index in [1.165, 1.54) is 12.2 Å². The van der Waals surface area contributed by atoms with Gasteiger partial charge in [0, 0.05) is 6.42 Å². The largest absolute Gasteiger partial charge is 0.300 e. The molecule has 0 saturated carbocycles. The van der Waals surface area contributed by atoms with Crippen LogP contribution in [0.2, 0.25) is 0 Å². The zero-order valence-electron chi connectivity index (χ0n) is 8.99. The van der Waals surface area contributed by atoms with Crippen LogP contribution in [0.4, 0.5) is 0 Å². The predicted molar refractivity (Wildman–Crippen MR) is 56.4 cm³/mol. The average Bonchev–Trinajstić information content (AvgIpc) is 2.47. The van der Waals surface area contributed by atoms with Crippen LogP contribution in [0.25, 0.3) is 0 Å². The molecule has 0 heterocycles. The van der Waals surface area contributed by atoms with Crippen LogP contribution < -0.4 is 0 Å². The van der Waals surface area contributed by atoms with E-state index in [1.54, 1.807) is 6.92 Å². The first kappa shape index (κ1) is 11.8. The normalized spacial score (nSPS) is 16.3. The number of rotatable bonds is 6. The Labute approximate surface area is 89.5 Å². The smallest absolute Gasteiger partial charge is 0.166 e. The van der Waals surface area contributed by atoms with Gasteiger partial charge in [0.1, 0.15) is 5.78 Å². The van der Waals surface area contributed by atoms with Gasteiger partial charge in [0.25, 0.3) is 0 Å². The second kappa shape index (κ2) is 5.59. The number of carbonyl (C=O) groups excluding carboxylic acids is 3. The Morgan fingerprint density at radius 1 is 1.13 bits per heavy atom. The summed E-state index contributed by atoms with van der Waals surface area (Å²) in [6, 6.07) is 0. The van der Waals surface area contributed by atoms with Crippen molar-refractivity contribution in [2.24, 2.45) is 5.92 Å². The van der Waals surface area contributed by atoms with E-state index in [0.29, 0.717) is 12.8 Å². The molecule has 0 amide bonds. The summed E-state index contributed by atoms with van der Waals surface area (Å²) in [5.41, 5.74) is 0. The topological polar surface area (TPSA) is 51.2 Å². The van der Waals surface area contributed by atoms with E-state index in [4.69, 9.17) is 0 Å². The van der Waals surface area contributed by atoms with Gasteiger partial charge in [0.2, 0.25) is 0 Å². The highest BCUT2D eigenvalue weighted by molar-refractivity contribution is 6.18. The summed E-state index contributed by atoms with van der Waals surface area (Å²) in [6.45, 7) is 1.58. The van der Waals surface area contributed by atoms with Gasteiger partial charge in [-0.15, -0.1) is 0 Å². The van der Waals surface area contributed by atoms with Crippen molar-refractivity contribution in [3.63, 3.8) is 0 Å². The molecule has 0 spiro atoms. The highest BCUT2D eigenvalue weighted by atomic mass is 16.2. The molecule has 0 atom stereocenters. The number of unbranched alkanes of at least 4 members (excludes halogenated alkanes) is 2. The molecule has 0 aliphatic heterocycles. The van der Waals surface area contributed by atoms with Gasteiger partial charge in [-0.2, -0.15) is 0 Å². The summed E-state index contributed by atoms with van der Waals surface area (Å²) in [7, 11) is 0. The summed E-state index contributed by atoms with van der Waals surface area (Å²) in [5, 5.41) is 0. The maximum Gasteiger partial charge on any atom is 0.166 e. The van der Waals surface area contributed by atoms with Gasteiger partial charge >= 0.3 is 0 Å². The van der Waals surface area contributed by atoms with E-state index in [2.05, 4.69) is 0 Å². The molecule has 0 bridgehead atoms. The van der Waals surface area contributed by atoms with Crippen molar-refractivity contribution in [1.29, 1.82) is 0 Å². The molecule has 0 saturated heterocycles. The minimum atomic E-state index is -0.428. The van der Waals surface area contributed by atoms with Crippen LogP contribution >= 0.6 is 0 Å². The Hall–Kier alpha value is -1.25. The highest BCUT2D eigenvalue weighted by Gasteiger charge is 2.26. The van der Waals surface area contributed by atoms with E-state index in [9.17, 15) is 14.4 Å². The first-order valence-electron chi connectivity index (χ1n) is 5.36. The van der Waals surface area contributed by atoms with Crippen molar-refractivity contribution in [3.8, 4) is 0 Å². The zero-order valence-corrected chi connectivity index (χ0v) is 8.99. The fourth-order valence-electron chi connectivity index (χ4n) is 1.72. The lowest BCUT2D eigenvalue weighted by atomic mass is 9.97. The Morgan fingerprint density at radius 2 is 1.73 bits per heavy atom. The van der Waals surface area contributed by atoms with Gasteiger partial charge in [-0.05, 0) is 31.9 Å². The van der Waals surface area contributed by atoms with Crippen molar-refractivity contribution in [2.45, 2.75) is 39.0 Å². The van der Waals surface area contributed by atoms with Gasteiger partial charge in [-0.1, -0.05) is 12.8 Å². The van der Waals surface area contributed by atoms with Crippen LogP contribution in [-0.2, 0) is 14.4 Å². The van der Waals surface area contributed by atoms with Gasteiger partial charge in [-0.25, -0.2) is 0 Å². The fraction of sp³-hybridized carbons (Fsp3) is 0.583. The Balaban J connectivity index is 2.13. The van der Waals surface area contributed by atoms with Crippen LogP contribution in [-0.4, -0.2) is 17.3 Å². The van der Waals surface area contributed by atoms with E-state index in [-0.39, 0.29) is 17.3 Å². The molecular formula is C12H16O3. The average molecular weight is 208 g/mol. The van der Waals surface area contributed by atoms with Gasteiger partial charge < -0.3 is 4.79 Å². The molecule has 1 rings (SSSR count). The fourth-order valence-corrected chi connectivity index (χ4v) is 1.72. The third-order valence-electron chi connectivity index (χ3n) is 2.62. The number of Topliss-reactive ketones (excluding diaryl/α,β-unsaturated/α-hetero) is 1. The molecule has 1 aliphatic carbocycles. The molecule has 0 aromatic heterocycles. The minimum Gasteiger partial charge on any atom is -0.300 e. The van der Waals surface area contributed by atoms with Crippen LogP contribution in [0, 0.1) is 5.92 Å². The molecule has 1 aliphatic rings. The maximum absolute atomic E-state index is 11.2. The summed E-state index contributed by atoms with van der Waals surface area (Å²) in [6.07, 6.45) is 6.57. The highest BCUT2D eigenvalue weighted by Crippen LogP contribution is 2.18. The molecule has 0 radical (unpaired) electrons. The molecule has 15 heavy (non-hydrogen) atoms. The van der Waals surface area contributed by atoms with Crippen molar-refractivity contribution < 1.29 is 14.4 Å². The first-order valence-corrected chi connectivity index (χ1v) is 5.36. The number of carbonyl (C=O) groups is 3. The summed E-state index contributed by atoms with van der Waals surface area (Å²) >= 11 is 0. The third-order valence-corrected chi connectivity index (χ3v) is 2.62. The van der Waals surface area contributed by atoms with E-state index in [1.807, 2.05) is 0 Å². The monoisotopic (exact) mass is 208 g/mol. The lowest BCUT2D eigenvalue weighted by Crippen LogP contribution is -2.14. The van der Waals surface area contributed by atoms with E-state index < -0.39 is 5.92 Å². The Bertz CT molecular complexity index is 284. The van der Waals surface area contributed by atoms with E-state index in [0.717, 1.165) is 19.3 Å². The molecular weight excluding hydrogens is 192 g/mol. The van der Waals surface area contributed by atoms with Crippen molar-refractivity contribution in [3.05, 3.63) is 12.2 Å². The molecule has 0 fully saturated rings. The number of hydrogen-bond acceptors (Lipinski definition) is 3. The van der Waals surface area contributed by atoms with Crippen LogP contribution in [0.1, 0.15) is 39.0 Å². The second-order valence-corrected chi connectivity index (χ2v) is 3.99. The summed E-state index contributed by atoms with van der Waals surface area (Å²) in [5.74, 6) is -0.356. The number of hydrogen-bond donors (Lipinski definition) is 0. The van der Waals surface area contributed by atoms with Crippen LogP contribution in [0.3, 0.4) is 0 Å². The molecule has 0 N–H and O–H groups in total. The molecule has 0 aromatic carbocycles. The molecule has 3 heteroatoms. The first-order chi connectivity index (χ1) is 7.11. The lowest BCUT2D eigenvalue weighted by molar-refractivity contribution is -0.126.